The Balaban J connectivity index is 2.37. The monoisotopic (exact) mass is 271 g/mol. The zero-order valence-corrected chi connectivity index (χ0v) is 11.0. The molecule has 0 radical (unpaired) electrons. The van der Waals surface area contributed by atoms with Gasteiger partial charge in [0.1, 0.15) is 0 Å². The summed E-state index contributed by atoms with van der Waals surface area (Å²) < 4.78 is 5.32. The van der Waals surface area contributed by atoms with Gasteiger partial charge in [-0.1, -0.05) is 22.0 Å². The van der Waals surface area contributed by atoms with Crippen LogP contribution in [-0.4, -0.2) is 23.0 Å². The summed E-state index contributed by atoms with van der Waals surface area (Å²) >= 11 is 3.66. The zero-order valence-electron chi connectivity index (χ0n) is 9.37. The third-order valence-electron chi connectivity index (χ3n) is 2.31. The fourth-order valence-electron chi connectivity index (χ4n) is 1.40. The molecule has 0 aliphatic rings. The second kappa shape index (κ2) is 6.96. The Hall–Kier alpha value is -0.410. The van der Waals surface area contributed by atoms with Gasteiger partial charge in [0.15, 0.2) is 0 Å². The summed E-state index contributed by atoms with van der Waals surface area (Å²) in [6.45, 7) is 5.73. The number of hydrogen-bond acceptors (Lipinski definition) is 2. The summed E-state index contributed by atoms with van der Waals surface area (Å²) in [5.41, 5.74) is 2.44. The molecule has 15 heavy (non-hydrogen) atoms. The van der Waals surface area contributed by atoms with Crippen LogP contribution in [0.3, 0.4) is 0 Å². The molecule has 1 aromatic rings. The molecule has 2 nitrogen and oxygen atoms in total. The van der Waals surface area contributed by atoms with Crippen LogP contribution in [0.25, 0.3) is 0 Å². The molecule has 3 heteroatoms. The van der Waals surface area contributed by atoms with Gasteiger partial charge in [-0.2, -0.15) is 0 Å². The highest BCUT2D eigenvalue weighted by Gasteiger charge is 2.07. The molecule has 1 heterocycles. The van der Waals surface area contributed by atoms with Gasteiger partial charge in [-0.15, -0.1) is 0 Å². The van der Waals surface area contributed by atoms with Crippen LogP contribution in [0.4, 0.5) is 0 Å². The number of pyridine rings is 1. The normalized spacial score (nSPS) is 12.7. The molecule has 0 spiro atoms. The number of hydrogen-bond donors (Lipinski definition) is 0. The smallest absolute Gasteiger partial charge is 0.0476 e. The van der Waals surface area contributed by atoms with Gasteiger partial charge in [-0.25, -0.2) is 0 Å². The van der Waals surface area contributed by atoms with Crippen molar-refractivity contribution >= 4 is 15.9 Å². The molecule has 0 fully saturated rings. The molecule has 0 aromatic carbocycles. The second-order valence-electron chi connectivity index (χ2n) is 3.55. The molecule has 1 atom stereocenters. The zero-order chi connectivity index (χ0) is 11.1. The lowest BCUT2D eigenvalue weighted by molar-refractivity contribution is 0.145. The quantitative estimate of drug-likeness (QED) is 0.586. The summed E-state index contributed by atoms with van der Waals surface area (Å²) in [7, 11) is 0. The van der Waals surface area contributed by atoms with Gasteiger partial charge in [0.05, 0.1) is 0 Å². The molecule has 84 valence electrons. The molecular formula is C12H18BrNO. The molecule has 1 rings (SSSR count). The van der Waals surface area contributed by atoms with Crippen molar-refractivity contribution in [3.8, 4) is 0 Å². The van der Waals surface area contributed by atoms with Gasteiger partial charge >= 0.3 is 0 Å². The fraction of sp³-hybridized carbons (Fsp3) is 0.583. The van der Waals surface area contributed by atoms with Gasteiger partial charge in [0.25, 0.3) is 0 Å². The first kappa shape index (κ1) is 12.7. The number of halogens is 1. The van der Waals surface area contributed by atoms with Crippen molar-refractivity contribution in [1.29, 1.82) is 0 Å². The topological polar surface area (TPSA) is 22.1 Å². The van der Waals surface area contributed by atoms with Gasteiger partial charge in [0.2, 0.25) is 0 Å². The van der Waals surface area contributed by atoms with E-state index in [-0.39, 0.29) is 0 Å². The van der Waals surface area contributed by atoms with Crippen molar-refractivity contribution in [2.75, 3.05) is 13.2 Å². The lowest BCUT2D eigenvalue weighted by Crippen LogP contribution is -2.09. The Morgan fingerprint density at radius 3 is 3.00 bits per heavy atom. The van der Waals surface area contributed by atoms with E-state index >= 15 is 0 Å². The minimum Gasteiger partial charge on any atom is -0.382 e. The number of alkyl halides is 1. The maximum Gasteiger partial charge on any atom is 0.0476 e. The van der Waals surface area contributed by atoms with E-state index in [1.165, 1.54) is 11.3 Å². The van der Waals surface area contributed by atoms with Crippen molar-refractivity contribution in [3.63, 3.8) is 0 Å². The summed E-state index contributed by atoms with van der Waals surface area (Å²) in [5.74, 6) is 0. The highest BCUT2D eigenvalue weighted by atomic mass is 79.9. The van der Waals surface area contributed by atoms with Gasteiger partial charge in [-0.3, -0.25) is 4.98 Å². The highest BCUT2D eigenvalue weighted by Crippen LogP contribution is 2.14. The number of aromatic nitrogens is 1. The van der Waals surface area contributed by atoms with Crippen LogP contribution in [-0.2, 0) is 11.2 Å². The third-order valence-corrected chi connectivity index (χ3v) is 3.09. The number of aryl methyl sites for hydroxylation is 1. The molecule has 0 aliphatic carbocycles. The largest absolute Gasteiger partial charge is 0.382 e. The summed E-state index contributed by atoms with van der Waals surface area (Å²) in [6.07, 6.45) is 3.86. The molecule has 0 amide bonds. The first-order chi connectivity index (χ1) is 7.24. The van der Waals surface area contributed by atoms with Crippen LogP contribution in [0, 0.1) is 6.92 Å². The lowest BCUT2D eigenvalue weighted by Gasteiger charge is -2.10. The van der Waals surface area contributed by atoms with E-state index in [1.54, 1.807) is 0 Å². The summed E-state index contributed by atoms with van der Waals surface area (Å²) in [6, 6.07) is 4.08. The lowest BCUT2D eigenvalue weighted by atomic mass is 10.1. The minimum atomic E-state index is 0.456. The molecule has 1 aromatic heterocycles. The van der Waals surface area contributed by atoms with E-state index in [0.29, 0.717) is 4.83 Å². The number of nitrogens with zero attached hydrogens (tertiary/aromatic N) is 1. The second-order valence-corrected chi connectivity index (χ2v) is 4.85. The highest BCUT2D eigenvalue weighted by molar-refractivity contribution is 9.09. The molecule has 1 unspecified atom stereocenters. The van der Waals surface area contributed by atoms with Crippen molar-refractivity contribution in [2.45, 2.75) is 31.5 Å². The van der Waals surface area contributed by atoms with Crippen LogP contribution in [0.1, 0.15) is 24.6 Å². The van der Waals surface area contributed by atoms with E-state index in [0.717, 1.165) is 26.1 Å². The van der Waals surface area contributed by atoms with Gasteiger partial charge in [0, 0.05) is 36.4 Å². The van der Waals surface area contributed by atoms with Crippen molar-refractivity contribution in [2.24, 2.45) is 0 Å². The maximum atomic E-state index is 5.32. The molecule has 0 N–H and O–H groups in total. The van der Waals surface area contributed by atoms with E-state index in [1.807, 2.05) is 19.2 Å². The maximum absolute atomic E-state index is 5.32. The predicted molar refractivity (Wildman–Crippen MR) is 66.5 cm³/mol. The number of rotatable bonds is 6. The molecule has 0 bridgehead atoms. The number of ether oxygens (including phenoxy) is 1. The minimum absolute atomic E-state index is 0.456. The average Bonchev–Trinajstić information content (AvgIpc) is 2.22. The van der Waals surface area contributed by atoms with E-state index < -0.39 is 0 Å². The Morgan fingerprint density at radius 1 is 1.53 bits per heavy atom. The molecule has 0 saturated heterocycles. The van der Waals surface area contributed by atoms with Crippen LogP contribution < -0.4 is 0 Å². The van der Waals surface area contributed by atoms with Gasteiger partial charge < -0.3 is 4.74 Å². The average molecular weight is 272 g/mol. The first-order valence-electron chi connectivity index (χ1n) is 5.36. The SMILES string of the molecule is CCOCCC(Br)Cc1ncccc1C. The standard InChI is InChI=1S/C12H18BrNO/c1-3-15-8-6-11(13)9-12-10(2)5-4-7-14-12/h4-5,7,11H,3,6,8-9H2,1-2H3. The summed E-state index contributed by atoms with van der Waals surface area (Å²) in [4.78, 5) is 4.83. The Labute approximate surface area is 100 Å². The van der Waals surface area contributed by atoms with Gasteiger partial charge in [-0.05, 0) is 31.9 Å². The van der Waals surface area contributed by atoms with Crippen LogP contribution >= 0.6 is 15.9 Å². The van der Waals surface area contributed by atoms with E-state index in [2.05, 4.69) is 33.9 Å². The molecule has 0 saturated carbocycles. The third kappa shape index (κ3) is 4.76. The molecular weight excluding hydrogens is 254 g/mol. The molecule has 0 aliphatic heterocycles. The van der Waals surface area contributed by atoms with Crippen molar-refractivity contribution < 1.29 is 4.74 Å². The van der Waals surface area contributed by atoms with Crippen LogP contribution in [0.5, 0.6) is 0 Å². The van der Waals surface area contributed by atoms with Crippen molar-refractivity contribution in [3.05, 3.63) is 29.6 Å². The van der Waals surface area contributed by atoms with Crippen LogP contribution in [0.15, 0.2) is 18.3 Å². The first-order valence-corrected chi connectivity index (χ1v) is 6.28. The Bertz CT molecular complexity index is 291. The fourth-order valence-corrected chi connectivity index (χ4v) is 1.89. The van der Waals surface area contributed by atoms with Crippen molar-refractivity contribution in [1.82, 2.24) is 4.98 Å². The van der Waals surface area contributed by atoms with Crippen LogP contribution in [0.2, 0.25) is 0 Å². The summed E-state index contributed by atoms with van der Waals surface area (Å²) in [5, 5.41) is 0. The van der Waals surface area contributed by atoms with E-state index in [9.17, 15) is 0 Å². The Kier molecular flexibility index (Phi) is 5.88. The predicted octanol–water partition coefficient (Wildman–Crippen LogP) is 3.12. The van der Waals surface area contributed by atoms with E-state index in [4.69, 9.17) is 4.74 Å². The Morgan fingerprint density at radius 2 is 2.33 bits per heavy atom.